The number of β-lactam (4-membered cyclic amide) rings is 1. The third kappa shape index (κ3) is 5.36. The van der Waals surface area contributed by atoms with Crippen LogP contribution in [0, 0.1) is 0 Å². The highest BCUT2D eigenvalue weighted by atomic mass is 32.2. The Morgan fingerprint density at radius 2 is 2.20 bits per heavy atom. The summed E-state index contributed by atoms with van der Waals surface area (Å²) in [4.78, 5) is 50.4. The van der Waals surface area contributed by atoms with Crippen molar-refractivity contribution in [1.29, 1.82) is 0 Å². The van der Waals surface area contributed by atoms with Gasteiger partial charge >= 0.3 is 5.97 Å². The van der Waals surface area contributed by atoms with E-state index >= 15 is 0 Å². The minimum Gasteiger partial charge on any atom is -0.477 e. The van der Waals surface area contributed by atoms with E-state index in [1.54, 1.807) is 17.1 Å². The molecular formula is C23H27N9O5S3. The lowest BCUT2D eigenvalue weighted by Gasteiger charge is -2.49. The molecule has 1 fully saturated rings. The second kappa shape index (κ2) is 11.8. The normalized spacial score (nSPS) is 21.8. The lowest BCUT2D eigenvalue weighted by atomic mass is 10.0. The van der Waals surface area contributed by atoms with Crippen LogP contribution in [0.25, 0.3) is 0 Å². The van der Waals surface area contributed by atoms with Gasteiger partial charge in [-0.2, -0.15) is 0 Å². The van der Waals surface area contributed by atoms with Crippen LogP contribution >= 0.6 is 34.9 Å². The average molecular weight is 606 g/mol. The number of thioether (sulfide) groups is 2. The number of oxime groups is 1. The smallest absolute Gasteiger partial charge is 0.352 e. The fraction of sp³-hybridized carbons (Fsp3) is 0.348. The van der Waals surface area contributed by atoms with Crippen LogP contribution in [0.15, 0.2) is 57.2 Å². The number of nitrogens with zero attached hydrogens (tertiary/aromatic N) is 5. The highest BCUT2D eigenvalue weighted by Gasteiger charge is 2.54. The fourth-order valence-electron chi connectivity index (χ4n) is 4.41. The first-order valence-electron chi connectivity index (χ1n) is 12.1. The molecular weight excluding hydrogens is 579 g/mol. The van der Waals surface area contributed by atoms with E-state index < -0.39 is 29.2 Å². The largest absolute Gasteiger partial charge is 0.477 e. The van der Waals surface area contributed by atoms with Gasteiger partial charge in [0.05, 0.1) is 5.03 Å². The van der Waals surface area contributed by atoms with Gasteiger partial charge in [-0.15, -0.1) is 34.9 Å². The van der Waals surface area contributed by atoms with Gasteiger partial charge in [0.2, 0.25) is 0 Å². The van der Waals surface area contributed by atoms with Crippen molar-refractivity contribution in [1.82, 2.24) is 30.5 Å². The zero-order chi connectivity index (χ0) is 28.4. The van der Waals surface area contributed by atoms with Crippen LogP contribution in [0.5, 0.6) is 0 Å². The van der Waals surface area contributed by atoms with Crippen LogP contribution in [0.4, 0.5) is 5.13 Å². The SMILES string of the molecule is CO/N=C(\C(=O)N[C@@H]1C(=O)N2C(C(=O)O)=C(CN3C=CN4NC(SCCCN)=CC=C34)CS[C@@H]12)c1csc(N)n1. The molecule has 4 aliphatic rings. The zero-order valence-electron chi connectivity index (χ0n) is 21.3. The first-order valence-corrected chi connectivity index (χ1v) is 15.0. The van der Waals surface area contributed by atoms with Crippen molar-refractivity contribution in [3.63, 3.8) is 0 Å². The van der Waals surface area contributed by atoms with Gasteiger partial charge in [-0.25, -0.2) is 14.8 Å². The van der Waals surface area contributed by atoms with Crippen LogP contribution in [-0.4, -0.2) is 91.5 Å². The lowest BCUT2D eigenvalue weighted by molar-refractivity contribution is -0.150. The Morgan fingerprint density at radius 1 is 1.38 bits per heavy atom. The number of hydrogen-bond donors (Lipinski definition) is 5. The molecule has 1 saturated heterocycles. The predicted octanol–water partition coefficient (Wildman–Crippen LogP) is 0.186. The van der Waals surface area contributed by atoms with Crippen molar-refractivity contribution in [2.45, 2.75) is 17.8 Å². The summed E-state index contributed by atoms with van der Waals surface area (Å²) in [6.45, 7) is 0.915. The maximum atomic E-state index is 13.1. The summed E-state index contributed by atoms with van der Waals surface area (Å²) in [5, 5.41) is 20.5. The van der Waals surface area contributed by atoms with E-state index in [1.165, 1.54) is 23.8 Å². The van der Waals surface area contributed by atoms with Crippen LogP contribution in [0.3, 0.4) is 0 Å². The maximum absolute atomic E-state index is 13.1. The highest BCUT2D eigenvalue weighted by molar-refractivity contribution is 8.03. The van der Waals surface area contributed by atoms with Crippen molar-refractivity contribution < 1.29 is 24.3 Å². The number of nitrogen functional groups attached to an aromatic ring is 1. The molecule has 0 unspecified atom stereocenters. The molecule has 0 saturated carbocycles. The molecule has 212 valence electrons. The number of carbonyl (C=O) groups is 3. The standard InChI is InChI=1S/C23H27N9O5S3/c1-37-29-16(13-11-40-23(25)26-13)19(33)27-17-20(34)32-18(22(35)36)12(10-39-21(17)32)9-30-6-7-31-15(30)4-3-14(28-31)38-8-2-5-24/h3-4,6-7,11,17,21,28H,2,5,8-10,24H2,1H3,(H2,25,26)(H,27,33)(H,35,36)/b29-16-/t17-,21+/m1/s1. The highest BCUT2D eigenvalue weighted by Crippen LogP contribution is 2.41. The Balaban J connectivity index is 1.29. The number of carboxylic acid groups (broad SMARTS) is 1. The topological polar surface area (TPSA) is 192 Å². The molecule has 5 rings (SSSR count). The van der Waals surface area contributed by atoms with Gasteiger partial charge in [-0.3, -0.25) is 19.9 Å². The number of aliphatic carboxylic acids is 1. The minimum atomic E-state index is -1.20. The van der Waals surface area contributed by atoms with Gasteiger partial charge in [-0.1, -0.05) is 5.16 Å². The Bertz CT molecular complexity index is 1370. The number of hydrogen-bond acceptors (Lipinski definition) is 14. The lowest BCUT2D eigenvalue weighted by Crippen LogP contribution is -2.71. The van der Waals surface area contributed by atoms with Gasteiger partial charge < -0.3 is 31.6 Å². The van der Waals surface area contributed by atoms with E-state index in [0.717, 1.165) is 34.4 Å². The fourth-order valence-corrected chi connectivity index (χ4v) is 7.15. The van der Waals surface area contributed by atoms with Crippen LogP contribution in [0.1, 0.15) is 12.1 Å². The molecule has 2 amide bonds. The summed E-state index contributed by atoms with van der Waals surface area (Å²) in [5.74, 6) is -0.296. The summed E-state index contributed by atoms with van der Waals surface area (Å²) >= 11 is 4.19. The van der Waals surface area contributed by atoms with Crippen molar-refractivity contribution in [3.8, 4) is 0 Å². The second-order valence-corrected chi connectivity index (χ2v) is 11.9. The molecule has 2 atom stereocenters. The number of carboxylic acids is 1. The Kier molecular flexibility index (Phi) is 8.24. The molecule has 0 spiro atoms. The number of thiazole rings is 1. The molecule has 14 nitrogen and oxygen atoms in total. The molecule has 0 aliphatic carbocycles. The quantitative estimate of drug-likeness (QED) is 0.0995. The third-order valence-electron chi connectivity index (χ3n) is 6.22. The van der Waals surface area contributed by atoms with E-state index in [9.17, 15) is 19.5 Å². The monoisotopic (exact) mass is 605 g/mol. The Morgan fingerprint density at radius 3 is 2.90 bits per heavy atom. The van der Waals surface area contributed by atoms with Gasteiger partial charge in [0.1, 0.15) is 35.7 Å². The first kappa shape index (κ1) is 27.9. The summed E-state index contributed by atoms with van der Waals surface area (Å²) in [6, 6.07) is -0.931. The zero-order valence-corrected chi connectivity index (χ0v) is 23.7. The number of nitrogens with two attached hydrogens (primary N) is 2. The summed E-state index contributed by atoms with van der Waals surface area (Å²) in [6.07, 6.45) is 8.55. The van der Waals surface area contributed by atoms with Gasteiger partial charge in [0.25, 0.3) is 11.8 Å². The molecule has 1 aromatic heterocycles. The van der Waals surface area contributed by atoms with Gasteiger partial charge in [-0.05, 0) is 30.7 Å². The number of aromatic nitrogens is 1. The summed E-state index contributed by atoms with van der Waals surface area (Å²) < 4.78 is 0. The molecule has 4 aliphatic heterocycles. The van der Waals surface area contributed by atoms with Crippen molar-refractivity contribution in [2.24, 2.45) is 10.9 Å². The number of fused-ring (bicyclic) bond motifs is 2. The van der Waals surface area contributed by atoms with Gasteiger partial charge in [0, 0.05) is 35.8 Å². The van der Waals surface area contributed by atoms with Crippen molar-refractivity contribution in [3.05, 3.63) is 57.7 Å². The number of nitrogens with one attached hydrogen (secondary N) is 2. The molecule has 0 bridgehead atoms. The Hall–Kier alpha value is -3.67. The van der Waals surface area contributed by atoms with E-state index in [2.05, 4.69) is 20.9 Å². The van der Waals surface area contributed by atoms with E-state index in [-0.39, 0.29) is 28.8 Å². The molecule has 0 aromatic carbocycles. The molecule has 40 heavy (non-hydrogen) atoms. The van der Waals surface area contributed by atoms with Crippen LogP contribution in [0.2, 0.25) is 0 Å². The van der Waals surface area contributed by atoms with Crippen LogP contribution in [-0.2, 0) is 19.2 Å². The minimum absolute atomic E-state index is 0.0675. The maximum Gasteiger partial charge on any atom is 0.352 e. The van der Waals surface area contributed by atoms with Crippen molar-refractivity contribution >= 4 is 63.5 Å². The summed E-state index contributed by atoms with van der Waals surface area (Å²) in [5.41, 5.74) is 15.2. The first-order chi connectivity index (χ1) is 19.3. The summed E-state index contributed by atoms with van der Waals surface area (Å²) in [7, 11) is 1.29. The average Bonchev–Trinajstić information content (AvgIpc) is 3.55. The number of rotatable bonds is 11. The molecule has 17 heteroatoms. The second-order valence-electron chi connectivity index (χ2n) is 8.77. The number of amides is 2. The van der Waals surface area contributed by atoms with E-state index in [4.69, 9.17) is 16.3 Å². The van der Waals surface area contributed by atoms with Crippen molar-refractivity contribution in [2.75, 3.05) is 37.4 Å². The third-order valence-corrected chi connectivity index (χ3v) is 9.26. The van der Waals surface area contributed by atoms with Gasteiger partial charge in [0.15, 0.2) is 10.8 Å². The molecule has 7 N–H and O–H groups in total. The molecule has 1 aromatic rings. The predicted molar refractivity (Wildman–Crippen MR) is 153 cm³/mol. The number of anilines is 1. The van der Waals surface area contributed by atoms with E-state index in [1.807, 2.05) is 34.5 Å². The molecule has 0 radical (unpaired) electrons. The number of hydrazine groups is 1. The Labute approximate surface area is 241 Å². The number of allylic oxidation sites excluding steroid dienone is 2. The number of carbonyl (C=O) groups excluding carboxylic acids is 2. The van der Waals surface area contributed by atoms with E-state index in [0.29, 0.717) is 17.9 Å². The van der Waals surface area contributed by atoms with Crippen LogP contribution < -0.4 is 22.2 Å². The molecule has 5 heterocycles.